The van der Waals surface area contributed by atoms with E-state index in [1.54, 1.807) is 15.7 Å². The molecular formula is C32H34ClN7O2. The van der Waals surface area contributed by atoms with Crippen molar-refractivity contribution < 1.29 is 4.79 Å². The third-order valence-corrected chi connectivity index (χ3v) is 8.61. The van der Waals surface area contributed by atoms with Crippen LogP contribution in [0.1, 0.15) is 43.5 Å². The molecule has 2 aromatic carbocycles. The lowest BCUT2D eigenvalue weighted by molar-refractivity contribution is -0.126. The lowest BCUT2D eigenvalue weighted by Gasteiger charge is -2.41. The van der Waals surface area contributed by atoms with Gasteiger partial charge >= 0.3 is 5.69 Å². The van der Waals surface area contributed by atoms with Gasteiger partial charge in [0.05, 0.1) is 27.6 Å². The van der Waals surface area contributed by atoms with Crippen LogP contribution >= 0.6 is 11.6 Å². The molecule has 1 fully saturated rings. The van der Waals surface area contributed by atoms with Crippen molar-refractivity contribution in [3.8, 4) is 16.8 Å². The smallest absolute Gasteiger partial charge is 0.354 e. The van der Waals surface area contributed by atoms with Crippen LogP contribution in [0.3, 0.4) is 0 Å². The van der Waals surface area contributed by atoms with Gasteiger partial charge in [-0.2, -0.15) is 4.98 Å². The predicted octanol–water partition coefficient (Wildman–Crippen LogP) is 5.26. The van der Waals surface area contributed by atoms with Gasteiger partial charge in [-0.3, -0.25) is 14.3 Å². The van der Waals surface area contributed by atoms with Crippen LogP contribution in [0.4, 0.5) is 17.2 Å². The van der Waals surface area contributed by atoms with Crippen molar-refractivity contribution in [2.75, 3.05) is 35.6 Å². The number of nitrogens with zero attached hydrogens (tertiary/aromatic N) is 5. The maximum atomic E-state index is 14.3. The molecule has 0 saturated carbocycles. The standard InChI is InChI=1S/C32H34ClN7O2/c1-6-24(41)38-12-13-39(19(5)16-38)31-21-14-22(33)26-25-20(8-7-9-23(25)34)15-36-28(26)30(21)40(32(42)37-31)29-18(4)10-11-35-27(29)17(2)3/h6-11,14,17,19,36H,1,12-13,15-16,34H2,2-5H3/t19-/m0/s1. The Balaban J connectivity index is 1.70. The zero-order chi connectivity index (χ0) is 29.9. The van der Waals surface area contributed by atoms with Crippen molar-refractivity contribution in [2.45, 2.75) is 46.2 Å². The lowest BCUT2D eigenvalue weighted by atomic mass is 9.91. The van der Waals surface area contributed by atoms with Crippen LogP contribution in [0, 0.1) is 6.92 Å². The molecule has 2 aliphatic rings. The van der Waals surface area contributed by atoms with Gasteiger partial charge in [0.25, 0.3) is 0 Å². The normalized spacial score (nSPS) is 16.3. The quantitative estimate of drug-likeness (QED) is 0.249. The number of piperazine rings is 1. The maximum absolute atomic E-state index is 14.3. The van der Waals surface area contributed by atoms with Gasteiger partial charge in [0.2, 0.25) is 5.91 Å². The molecule has 1 amide bonds. The van der Waals surface area contributed by atoms with E-state index in [4.69, 9.17) is 27.3 Å². The monoisotopic (exact) mass is 583 g/mol. The average molecular weight is 584 g/mol. The minimum atomic E-state index is -0.412. The fourth-order valence-electron chi connectivity index (χ4n) is 6.32. The molecule has 0 bridgehead atoms. The van der Waals surface area contributed by atoms with Crippen LogP contribution in [0.15, 0.2) is 54.0 Å². The number of aromatic nitrogens is 3. The fourth-order valence-corrected chi connectivity index (χ4v) is 6.62. The van der Waals surface area contributed by atoms with Crippen molar-refractivity contribution in [1.82, 2.24) is 19.4 Å². The summed E-state index contributed by atoms with van der Waals surface area (Å²) in [4.78, 5) is 39.9. The molecule has 9 nitrogen and oxygen atoms in total. The minimum Gasteiger partial charge on any atom is -0.398 e. The van der Waals surface area contributed by atoms with Gasteiger partial charge < -0.3 is 20.9 Å². The third-order valence-electron chi connectivity index (χ3n) is 8.31. The highest BCUT2D eigenvalue weighted by atomic mass is 35.5. The summed E-state index contributed by atoms with van der Waals surface area (Å²) >= 11 is 7.10. The molecule has 4 heterocycles. The van der Waals surface area contributed by atoms with Crippen LogP contribution in [-0.4, -0.2) is 51.0 Å². The molecule has 0 aliphatic carbocycles. The van der Waals surface area contributed by atoms with E-state index in [0.29, 0.717) is 53.9 Å². The summed E-state index contributed by atoms with van der Waals surface area (Å²) in [5.74, 6) is 0.487. The summed E-state index contributed by atoms with van der Waals surface area (Å²) in [5, 5.41) is 4.82. The molecule has 4 aromatic rings. The first-order valence-electron chi connectivity index (χ1n) is 14.2. The van der Waals surface area contributed by atoms with E-state index in [0.717, 1.165) is 39.0 Å². The van der Waals surface area contributed by atoms with E-state index in [2.05, 4.69) is 30.6 Å². The van der Waals surface area contributed by atoms with Crippen molar-refractivity contribution in [3.05, 3.63) is 81.5 Å². The number of hydrogen-bond acceptors (Lipinski definition) is 7. The highest BCUT2D eigenvalue weighted by Crippen LogP contribution is 2.48. The number of carbonyl (C=O) groups excluding carboxylic acids is 1. The van der Waals surface area contributed by atoms with Crippen LogP contribution in [0.2, 0.25) is 5.02 Å². The Morgan fingerprint density at radius 3 is 2.74 bits per heavy atom. The van der Waals surface area contributed by atoms with Crippen molar-refractivity contribution in [3.63, 3.8) is 0 Å². The minimum absolute atomic E-state index is 0.0597. The van der Waals surface area contributed by atoms with E-state index >= 15 is 0 Å². The molecule has 1 atom stereocenters. The Bertz CT molecular complexity index is 1830. The number of nitrogens with one attached hydrogen (secondary N) is 1. The van der Waals surface area contributed by atoms with Gasteiger partial charge in [-0.1, -0.05) is 44.2 Å². The number of benzene rings is 2. The highest BCUT2D eigenvalue weighted by molar-refractivity contribution is 6.36. The van der Waals surface area contributed by atoms with E-state index < -0.39 is 5.69 Å². The molecule has 2 aromatic heterocycles. The van der Waals surface area contributed by atoms with Gasteiger partial charge in [-0.05, 0) is 55.2 Å². The number of fused-ring (bicyclic) bond motifs is 5. The number of pyridine rings is 1. The first kappa shape index (κ1) is 27.8. The Kier molecular flexibility index (Phi) is 6.93. The molecule has 216 valence electrons. The number of nitrogens with two attached hydrogens (primary N) is 1. The van der Waals surface area contributed by atoms with Crippen molar-refractivity contribution in [1.29, 1.82) is 0 Å². The zero-order valence-electron chi connectivity index (χ0n) is 24.2. The molecule has 0 unspecified atom stereocenters. The summed E-state index contributed by atoms with van der Waals surface area (Å²) in [6.45, 7) is 13.8. The predicted molar refractivity (Wildman–Crippen MR) is 170 cm³/mol. The van der Waals surface area contributed by atoms with E-state index in [1.165, 1.54) is 6.08 Å². The van der Waals surface area contributed by atoms with Crippen LogP contribution in [-0.2, 0) is 11.3 Å². The Morgan fingerprint density at radius 1 is 1.24 bits per heavy atom. The van der Waals surface area contributed by atoms with Gasteiger partial charge in [0.1, 0.15) is 5.82 Å². The molecule has 2 aliphatic heterocycles. The van der Waals surface area contributed by atoms with Gasteiger partial charge in [0, 0.05) is 60.6 Å². The second kappa shape index (κ2) is 10.5. The number of aryl methyl sites for hydroxylation is 1. The zero-order valence-corrected chi connectivity index (χ0v) is 25.0. The molecule has 0 radical (unpaired) electrons. The molecule has 1 saturated heterocycles. The summed E-state index contributed by atoms with van der Waals surface area (Å²) in [6.07, 6.45) is 3.11. The first-order chi connectivity index (χ1) is 20.1. The molecule has 0 spiro atoms. The number of anilines is 3. The largest absolute Gasteiger partial charge is 0.398 e. The second-order valence-electron chi connectivity index (χ2n) is 11.3. The number of carbonyl (C=O) groups is 1. The number of nitrogen functional groups attached to an aromatic ring is 1. The summed E-state index contributed by atoms with van der Waals surface area (Å²) in [5.41, 5.74) is 13.2. The molecule has 3 N–H and O–H groups in total. The summed E-state index contributed by atoms with van der Waals surface area (Å²) in [7, 11) is 0. The number of rotatable bonds is 4. The van der Waals surface area contributed by atoms with E-state index in [9.17, 15) is 9.59 Å². The first-order valence-corrected chi connectivity index (χ1v) is 14.5. The Labute approximate surface area is 249 Å². The SMILES string of the molecule is C=CC(=O)N1CCN(c2nc(=O)n(-c3c(C)ccnc3C(C)C)c3c4c(c(Cl)cc23)-c2c(N)cccc2CN4)[C@@H](C)C1. The van der Waals surface area contributed by atoms with Gasteiger partial charge in [-0.25, -0.2) is 4.79 Å². The topological polar surface area (TPSA) is 109 Å². The molecule has 10 heteroatoms. The fraction of sp³-hybridized carbons (Fsp3) is 0.312. The molecule has 42 heavy (non-hydrogen) atoms. The molecular weight excluding hydrogens is 550 g/mol. The van der Waals surface area contributed by atoms with Crippen molar-refractivity contribution >= 4 is 45.6 Å². The summed E-state index contributed by atoms with van der Waals surface area (Å²) < 4.78 is 1.69. The second-order valence-corrected chi connectivity index (χ2v) is 11.7. The van der Waals surface area contributed by atoms with Crippen LogP contribution in [0.25, 0.3) is 27.7 Å². The van der Waals surface area contributed by atoms with E-state index in [-0.39, 0.29) is 17.9 Å². The van der Waals surface area contributed by atoms with Gasteiger partial charge in [0.15, 0.2) is 0 Å². The third kappa shape index (κ3) is 4.30. The number of halogens is 1. The van der Waals surface area contributed by atoms with Crippen LogP contribution < -0.4 is 21.6 Å². The summed E-state index contributed by atoms with van der Waals surface area (Å²) in [6, 6.07) is 9.54. The average Bonchev–Trinajstić information content (AvgIpc) is 2.97. The van der Waals surface area contributed by atoms with Gasteiger partial charge in [-0.15, -0.1) is 0 Å². The maximum Gasteiger partial charge on any atom is 0.354 e. The Hall–Kier alpha value is -4.37. The lowest BCUT2D eigenvalue weighted by Crippen LogP contribution is -2.54. The number of amides is 1. The van der Waals surface area contributed by atoms with Crippen LogP contribution in [0.5, 0.6) is 0 Å². The van der Waals surface area contributed by atoms with Crippen molar-refractivity contribution in [2.24, 2.45) is 0 Å². The Morgan fingerprint density at radius 2 is 2.02 bits per heavy atom. The molecule has 6 rings (SSSR count). The number of hydrogen-bond donors (Lipinski definition) is 2. The van der Waals surface area contributed by atoms with E-state index in [1.807, 2.05) is 44.2 Å². The highest BCUT2D eigenvalue weighted by Gasteiger charge is 2.32.